The fraction of sp³-hybridized carbons (Fsp3) is 0.167. The molecule has 0 radical (unpaired) electrons. The van der Waals surface area contributed by atoms with Gasteiger partial charge in [-0.1, -0.05) is 0 Å². The van der Waals surface area contributed by atoms with E-state index in [4.69, 9.17) is 18.6 Å². The highest BCUT2D eigenvalue weighted by Gasteiger charge is 2.40. The maximum Gasteiger partial charge on any atom is 0.250 e. The van der Waals surface area contributed by atoms with Gasteiger partial charge < -0.3 is 28.8 Å². The Labute approximate surface area is 140 Å². The molecule has 0 aliphatic carbocycles. The first-order chi connectivity index (χ1) is 12.1. The van der Waals surface area contributed by atoms with Crippen LogP contribution in [0.2, 0.25) is 0 Å². The second-order valence-electron chi connectivity index (χ2n) is 5.91. The zero-order chi connectivity index (χ0) is 17.3. The molecule has 3 heterocycles. The van der Waals surface area contributed by atoms with Crippen molar-refractivity contribution in [2.24, 2.45) is 0 Å². The summed E-state index contributed by atoms with van der Waals surface area (Å²) < 4.78 is 22.2. The molecule has 126 valence electrons. The van der Waals surface area contributed by atoms with Crippen LogP contribution in [-0.2, 0) is 4.74 Å². The van der Waals surface area contributed by atoms with Gasteiger partial charge in [0.1, 0.15) is 33.6 Å². The number of hydrogen-bond donors (Lipinski definition) is 2. The number of rotatable bonds is 1. The zero-order valence-corrected chi connectivity index (χ0v) is 13.0. The topological polar surface area (TPSA) is 98.4 Å². The van der Waals surface area contributed by atoms with Crippen LogP contribution in [0.25, 0.3) is 21.9 Å². The standard InChI is InChI=1S/C18H12O7/c1-22-10-3-2-8(19)13-15(21)14-9(20)6-11-12(17(14)25-16(10)13)7-4-5-23-18(7)24-11/h2-7,18-20H,1H3/t7-,18+/m0/s1. The molecule has 3 aromatic rings. The van der Waals surface area contributed by atoms with Crippen molar-refractivity contribution >= 4 is 21.9 Å². The molecule has 2 N–H and O–H groups in total. The summed E-state index contributed by atoms with van der Waals surface area (Å²) >= 11 is 0. The first kappa shape index (κ1) is 14.0. The molecular formula is C18H12O7. The third-order valence-corrected chi connectivity index (χ3v) is 4.61. The van der Waals surface area contributed by atoms with Crippen molar-refractivity contribution in [3.8, 4) is 23.0 Å². The van der Waals surface area contributed by atoms with E-state index in [0.717, 1.165) is 0 Å². The van der Waals surface area contributed by atoms with Crippen molar-refractivity contribution in [2.75, 3.05) is 7.11 Å². The monoisotopic (exact) mass is 340 g/mol. The maximum atomic E-state index is 13.0. The molecule has 0 unspecified atom stereocenters. The lowest BCUT2D eigenvalue weighted by Gasteiger charge is -2.11. The number of benzene rings is 2. The number of hydrogen-bond acceptors (Lipinski definition) is 7. The van der Waals surface area contributed by atoms with Crippen LogP contribution in [0.3, 0.4) is 0 Å². The third-order valence-electron chi connectivity index (χ3n) is 4.61. The molecule has 1 aromatic heterocycles. The molecule has 2 aliphatic rings. The number of aromatic hydroxyl groups is 2. The molecule has 0 spiro atoms. The predicted octanol–water partition coefficient (Wildman–Crippen LogP) is 2.71. The van der Waals surface area contributed by atoms with Gasteiger partial charge in [-0.3, -0.25) is 4.79 Å². The van der Waals surface area contributed by atoms with Gasteiger partial charge in [0, 0.05) is 6.07 Å². The van der Waals surface area contributed by atoms with Gasteiger partial charge in [0.2, 0.25) is 5.43 Å². The number of phenolic OH excluding ortho intramolecular Hbond substituents is 2. The minimum atomic E-state index is -0.549. The van der Waals surface area contributed by atoms with Gasteiger partial charge in [-0.2, -0.15) is 0 Å². The summed E-state index contributed by atoms with van der Waals surface area (Å²) in [4.78, 5) is 13.0. The van der Waals surface area contributed by atoms with E-state index in [1.807, 2.05) is 0 Å². The summed E-state index contributed by atoms with van der Waals surface area (Å²) in [5.74, 6) is -0.0781. The van der Waals surface area contributed by atoms with Crippen molar-refractivity contribution in [1.29, 1.82) is 0 Å². The highest BCUT2D eigenvalue weighted by atomic mass is 16.7. The molecule has 2 atom stereocenters. The van der Waals surface area contributed by atoms with Crippen molar-refractivity contribution in [3.63, 3.8) is 0 Å². The van der Waals surface area contributed by atoms with Gasteiger partial charge >= 0.3 is 0 Å². The molecular weight excluding hydrogens is 328 g/mol. The normalized spacial score (nSPS) is 20.4. The van der Waals surface area contributed by atoms with Crippen LogP contribution in [0.4, 0.5) is 0 Å². The van der Waals surface area contributed by atoms with E-state index in [2.05, 4.69) is 0 Å². The molecule has 0 amide bonds. The first-order valence-electron chi connectivity index (χ1n) is 7.61. The minimum absolute atomic E-state index is 0.0145. The van der Waals surface area contributed by atoms with Crippen molar-refractivity contribution < 1.29 is 28.8 Å². The van der Waals surface area contributed by atoms with Gasteiger partial charge in [0.05, 0.1) is 24.9 Å². The summed E-state index contributed by atoms with van der Waals surface area (Å²) in [6, 6.07) is 4.22. The summed E-state index contributed by atoms with van der Waals surface area (Å²) in [5.41, 5.74) is 0.383. The second-order valence-corrected chi connectivity index (χ2v) is 5.91. The van der Waals surface area contributed by atoms with Crippen LogP contribution in [-0.4, -0.2) is 23.6 Å². The molecule has 0 saturated heterocycles. The average molecular weight is 340 g/mol. The Bertz CT molecular complexity index is 1140. The third kappa shape index (κ3) is 1.67. The van der Waals surface area contributed by atoms with Gasteiger partial charge in [-0.05, 0) is 18.2 Å². The van der Waals surface area contributed by atoms with Gasteiger partial charge in [-0.25, -0.2) is 0 Å². The number of ether oxygens (including phenoxy) is 3. The molecule has 0 bridgehead atoms. The van der Waals surface area contributed by atoms with Crippen LogP contribution >= 0.6 is 0 Å². The summed E-state index contributed by atoms with van der Waals surface area (Å²) in [6.45, 7) is 0. The Hall–Kier alpha value is -3.35. The molecule has 2 aliphatic heterocycles. The summed E-state index contributed by atoms with van der Waals surface area (Å²) in [5, 5.41) is 20.4. The molecule has 5 rings (SSSR count). The van der Waals surface area contributed by atoms with Crippen LogP contribution in [0.5, 0.6) is 23.0 Å². The quantitative estimate of drug-likeness (QED) is 0.657. The molecule has 25 heavy (non-hydrogen) atoms. The Morgan fingerprint density at radius 1 is 1.12 bits per heavy atom. The van der Waals surface area contributed by atoms with Crippen LogP contribution in [0.15, 0.2) is 39.7 Å². The molecule has 2 aromatic carbocycles. The number of methoxy groups -OCH3 is 1. The zero-order valence-electron chi connectivity index (χ0n) is 13.0. The minimum Gasteiger partial charge on any atom is -0.507 e. The van der Waals surface area contributed by atoms with Crippen LogP contribution in [0, 0.1) is 0 Å². The first-order valence-corrected chi connectivity index (χ1v) is 7.61. The van der Waals surface area contributed by atoms with Crippen molar-refractivity contribution in [3.05, 3.63) is 46.3 Å². The lowest BCUT2D eigenvalue weighted by atomic mass is 9.97. The Balaban J connectivity index is 2.00. The van der Waals surface area contributed by atoms with E-state index >= 15 is 0 Å². The maximum absolute atomic E-state index is 13.0. The molecule has 7 heteroatoms. The highest BCUT2D eigenvalue weighted by Crippen LogP contribution is 2.49. The Morgan fingerprint density at radius 3 is 2.72 bits per heavy atom. The van der Waals surface area contributed by atoms with Crippen LogP contribution in [0.1, 0.15) is 11.5 Å². The van der Waals surface area contributed by atoms with Gasteiger partial charge in [0.25, 0.3) is 6.29 Å². The highest BCUT2D eigenvalue weighted by molar-refractivity contribution is 6.00. The fourth-order valence-electron chi connectivity index (χ4n) is 3.48. The molecule has 0 fully saturated rings. The Morgan fingerprint density at radius 2 is 1.92 bits per heavy atom. The summed E-state index contributed by atoms with van der Waals surface area (Å²) in [7, 11) is 1.44. The van der Waals surface area contributed by atoms with E-state index in [1.165, 1.54) is 31.6 Å². The van der Waals surface area contributed by atoms with E-state index in [-0.39, 0.29) is 39.4 Å². The van der Waals surface area contributed by atoms with Gasteiger partial charge in [-0.15, -0.1) is 0 Å². The molecule has 7 nitrogen and oxygen atoms in total. The predicted molar refractivity (Wildman–Crippen MR) is 87.3 cm³/mol. The van der Waals surface area contributed by atoms with Crippen LogP contribution < -0.4 is 14.9 Å². The van der Waals surface area contributed by atoms with E-state index in [9.17, 15) is 15.0 Å². The van der Waals surface area contributed by atoms with Crippen molar-refractivity contribution in [2.45, 2.75) is 12.2 Å². The summed E-state index contributed by atoms with van der Waals surface area (Å²) in [6.07, 6.45) is 2.78. The van der Waals surface area contributed by atoms with E-state index in [1.54, 1.807) is 6.08 Å². The molecule has 0 saturated carbocycles. The largest absolute Gasteiger partial charge is 0.507 e. The van der Waals surface area contributed by atoms with E-state index < -0.39 is 11.7 Å². The Kier molecular flexibility index (Phi) is 2.58. The average Bonchev–Trinajstić information content (AvgIpc) is 3.15. The van der Waals surface area contributed by atoms with Crippen molar-refractivity contribution in [1.82, 2.24) is 0 Å². The lowest BCUT2D eigenvalue weighted by molar-refractivity contribution is -0.00484. The number of phenols is 2. The fourth-order valence-corrected chi connectivity index (χ4v) is 3.48. The van der Waals surface area contributed by atoms with E-state index in [0.29, 0.717) is 17.1 Å². The second kappa shape index (κ2) is 4.60. The SMILES string of the molecule is COc1ccc(O)c2c(=O)c3c(O)cc4c(c3oc12)[C@@H]1C=CO[C@@H]1O4. The smallest absolute Gasteiger partial charge is 0.250 e. The lowest BCUT2D eigenvalue weighted by Crippen LogP contribution is -2.14. The number of fused-ring (bicyclic) bond motifs is 6. The van der Waals surface area contributed by atoms with Gasteiger partial charge in [0.15, 0.2) is 11.3 Å².